The minimum Gasteiger partial charge on any atom is -0.455 e. The van der Waals surface area contributed by atoms with Crippen molar-refractivity contribution in [3.8, 4) is 56.4 Å². The monoisotopic (exact) mass is 707 g/mol. The van der Waals surface area contributed by atoms with Gasteiger partial charge in [0, 0.05) is 53.0 Å². The van der Waals surface area contributed by atoms with E-state index in [2.05, 4.69) is 146 Å². The van der Waals surface area contributed by atoms with Gasteiger partial charge in [-0.15, -0.1) is 11.3 Å². The quantitative estimate of drug-likeness (QED) is 0.179. The van der Waals surface area contributed by atoms with Crippen LogP contribution in [0, 0.1) is 0 Å². The van der Waals surface area contributed by atoms with Gasteiger partial charge in [0.1, 0.15) is 11.2 Å². The number of aromatic nitrogens is 3. The van der Waals surface area contributed by atoms with E-state index in [1.165, 1.54) is 25.7 Å². The smallest absolute Gasteiger partial charge is 0.164 e. The molecular formula is C49H29N3OS. The van der Waals surface area contributed by atoms with E-state index in [0.29, 0.717) is 17.5 Å². The fraction of sp³-hybridized carbons (Fsp3) is 0. The molecule has 0 aliphatic rings. The molecule has 0 fully saturated rings. The molecule has 0 saturated heterocycles. The molecule has 3 aromatic heterocycles. The average Bonchev–Trinajstić information content (AvgIpc) is 3.82. The molecule has 0 amide bonds. The molecule has 8 aromatic carbocycles. The number of rotatable bonds is 5. The van der Waals surface area contributed by atoms with E-state index >= 15 is 0 Å². The minimum atomic E-state index is 0.622. The Bertz CT molecular complexity index is 3220. The van der Waals surface area contributed by atoms with Crippen molar-refractivity contribution in [1.29, 1.82) is 0 Å². The summed E-state index contributed by atoms with van der Waals surface area (Å²) in [5.41, 5.74) is 9.07. The second-order valence-corrected chi connectivity index (χ2v) is 14.7. The molecule has 252 valence electrons. The molecule has 0 N–H and O–H groups in total. The molecule has 54 heavy (non-hydrogen) atoms. The van der Waals surface area contributed by atoms with Crippen LogP contribution in [-0.2, 0) is 0 Å². The van der Waals surface area contributed by atoms with Crippen molar-refractivity contribution in [3.63, 3.8) is 0 Å². The Hall–Kier alpha value is -6.95. The summed E-state index contributed by atoms with van der Waals surface area (Å²) < 4.78 is 9.15. The summed E-state index contributed by atoms with van der Waals surface area (Å²) in [4.78, 5) is 15.3. The van der Waals surface area contributed by atoms with Gasteiger partial charge in [-0.3, -0.25) is 0 Å². The third-order valence-corrected chi connectivity index (χ3v) is 11.5. The molecule has 4 nitrogen and oxygen atoms in total. The standard InChI is InChI=1S/C49H29N3OS/c1-3-12-30(13-4-1)32-22-24-37-36(26-32)29-40(45-39-19-7-9-20-42(39)53-46(37)45)33-16-11-17-34(27-33)48-50-47(31-14-5-2-6-15-31)51-49(52-48)35-23-25-44-41(28-35)38-18-8-10-21-43(38)54-44/h1-29H. The lowest BCUT2D eigenvalue weighted by Gasteiger charge is -2.12. The first-order chi connectivity index (χ1) is 26.7. The summed E-state index contributed by atoms with van der Waals surface area (Å²) in [6.45, 7) is 0. The number of hydrogen-bond donors (Lipinski definition) is 0. The average molecular weight is 708 g/mol. The van der Waals surface area contributed by atoms with Crippen LogP contribution in [0.3, 0.4) is 0 Å². The zero-order chi connectivity index (χ0) is 35.6. The largest absolute Gasteiger partial charge is 0.455 e. The van der Waals surface area contributed by atoms with Gasteiger partial charge in [0.25, 0.3) is 0 Å². The lowest BCUT2D eigenvalue weighted by molar-refractivity contribution is 0.673. The van der Waals surface area contributed by atoms with Gasteiger partial charge < -0.3 is 4.42 Å². The van der Waals surface area contributed by atoms with Crippen LogP contribution in [0.1, 0.15) is 0 Å². The van der Waals surface area contributed by atoms with Crippen LogP contribution in [0.2, 0.25) is 0 Å². The van der Waals surface area contributed by atoms with Crippen LogP contribution in [0.4, 0.5) is 0 Å². The van der Waals surface area contributed by atoms with Gasteiger partial charge in [-0.2, -0.15) is 0 Å². The Morgan fingerprint density at radius 1 is 0.370 bits per heavy atom. The van der Waals surface area contributed by atoms with Crippen LogP contribution >= 0.6 is 11.3 Å². The van der Waals surface area contributed by atoms with Gasteiger partial charge in [0.2, 0.25) is 0 Å². The van der Waals surface area contributed by atoms with Crippen LogP contribution in [0.15, 0.2) is 180 Å². The van der Waals surface area contributed by atoms with Crippen molar-refractivity contribution < 1.29 is 4.42 Å². The highest BCUT2D eigenvalue weighted by Crippen LogP contribution is 2.43. The number of thiophene rings is 1. The van der Waals surface area contributed by atoms with Gasteiger partial charge in [-0.1, -0.05) is 121 Å². The molecule has 0 aliphatic heterocycles. The molecule has 3 heterocycles. The summed E-state index contributed by atoms with van der Waals surface area (Å²) in [7, 11) is 0. The fourth-order valence-corrected chi connectivity index (χ4v) is 8.78. The summed E-state index contributed by atoms with van der Waals surface area (Å²) >= 11 is 1.81. The van der Waals surface area contributed by atoms with Crippen molar-refractivity contribution in [2.45, 2.75) is 0 Å². The topological polar surface area (TPSA) is 51.8 Å². The third-order valence-electron chi connectivity index (χ3n) is 10.3. The number of benzene rings is 8. The van der Waals surface area contributed by atoms with E-state index in [1.54, 1.807) is 0 Å². The van der Waals surface area contributed by atoms with Crippen LogP contribution in [0.25, 0.3) is 109 Å². The van der Waals surface area contributed by atoms with Crippen molar-refractivity contribution in [2.75, 3.05) is 0 Å². The molecule has 0 saturated carbocycles. The Balaban J connectivity index is 1.11. The Labute approximate surface area is 314 Å². The van der Waals surface area contributed by atoms with E-state index in [9.17, 15) is 0 Å². The fourth-order valence-electron chi connectivity index (χ4n) is 7.70. The maximum atomic E-state index is 6.64. The SMILES string of the molecule is c1ccc(-c2ccc3c(c2)cc(-c2cccc(-c4nc(-c5ccccc5)nc(-c5ccc6sc7ccccc7c6c5)n4)c2)c2c4ccccc4oc32)cc1. The van der Waals surface area contributed by atoms with Gasteiger partial charge in [-0.25, -0.2) is 15.0 Å². The summed E-state index contributed by atoms with van der Waals surface area (Å²) in [5.74, 6) is 1.90. The summed E-state index contributed by atoms with van der Waals surface area (Å²) in [6.07, 6.45) is 0. The lowest BCUT2D eigenvalue weighted by atomic mass is 9.93. The number of nitrogens with zero attached hydrogens (tertiary/aromatic N) is 3. The molecule has 5 heteroatoms. The summed E-state index contributed by atoms with van der Waals surface area (Å²) in [5, 5.41) is 6.85. The second kappa shape index (κ2) is 12.3. The van der Waals surface area contributed by atoms with Crippen molar-refractivity contribution >= 4 is 64.2 Å². The number of furan rings is 1. The summed E-state index contributed by atoms with van der Waals surface area (Å²) in [6, 6.07) is 61.6. The lowest BCUT2D eigenvalue weighted by Crippen LogP contribution is -2.00. The first-order valence-corrected chi connectivity index (χ1v) is 18.8. The zero-order valence-corrected chi connectivity index (χ0v) is 29.7. The Morgan fingerprint density at radius 3 is 1.80 bits per heavy atom. The number of para-hydroxylation sites is 1. The van der Waals surface area contributed by atoms with Crippen LogP contribution < -0.4 is 0 Å². The normalized spacial score (nSPS) is 11.7. The van der Waals surface area contributed by atoms with E-state index in [-0.39, 0.29) is 0 Å². The van der Waals surface area contributed by atoms with Gasteiger partial charge in [0.15, 0.2) is 17.5 Å². The minimum absolute atomic E-state index is 0.622. The highest BCUT2D eigenvalue weighted by atomic mass is 32.1. The molecule has 0 bridgehead atoms. The number of fused-ring (bicyclic) bond motifs is 8. The third kappa shape index (κ3) is 5.09. The van der Waals surface area contributed by atoms with Gasteiger partial charge >= 0.3 is 0 Å². The van der Waals surface area contributed by atoms with E-state index < -0.39 is 0 Å². The maximum Gasteiger partial charge on any atom is 0.164 e. The molecule has 0 unspecified atom stereocenters. The van der Waals surface area contributed by atoms with Crippen molar-refractivity contribution in [2.24, 2.45) is 0 Å². The predicted molar refractivity (Wildman–Crippen MR) is 225 cm³/mol. The Morgan fingerprint density at radius 2 is 0.981 bits per heavy atom. The predicted octanol–water partition coefficient (Wildman–Crippen LogP) is 13.6. The second-order valence-electron chi connectivity index (χ2n) is 13.6. The molecule has 11 aromatic rings. The van der Waals surface area contributed by atoms with Crippen molar-refractivity contribution in [3.05, 3.63) is 176 Å². The Kier molecular flexibility index (Phi) is 7.00. The van der Waals surface area contributed by atoms with Crippen molar-refractivity contribution in [1.82, 2.24) is 15.0 Å². The molecule has 11 rings (SSSR count). The van der Waals surface area contributed by atoms with Gasteiger partial charge in [0.05, 0.1) is 0 Å². The number of hydrogen-bond acceptors (Lipinski definition) is 5. The first-order valence-electron chi connectivity index (χ1n) is 18.0. The molecule has 0 spiro atoms. The van der Waals surface area contributed by atoms with E-state index in [0.717, 1.165) is 66.1 Å². The molecular weight excluding hydrogens is 679 g/mol. The maximum absolute atomic E-state index is 6.64. The van der Waals surface area contributed by atoms with Gasteiger partial charge in [-0.05, 0) is 82.2 Å². The molecule has 0 atom stereocenters. The van der Waals surface area contributed by atoms with Crippen LogP contribution in [-0.4, -0.2) is 15.0 Å². The first kappa shape index (κ1) is 30.7. The molecule has 0 aliphatic carbocycles. The van der Waals surface area contributed by atoms with E-state index in [1.807, 2.05) is 41.7 Å². The van der Waals surface area contributed by atoms with E-state index in [4.69, 9.17) is 19.4 Å². The highest BCUT2D eigenvalue weighted by Gasteiger charge is 2.19. The molecule has 0 radical (unpaired) electrons. The zero-order valence-electron chi connectivity index (χ0n) is 28.9. The van der Waals surface area contributed by atoms with Crippen LogP contribution in [0.5, 0.6) is 0 Å². The highest BCUT2D eigenvalue weighted by molar-refractivity contribution is 7.25.